The lowest BCUT2D eigenvalue weighted by molar-refractivity contribution is -0.128. The van der Waals surface area contributed by atoms with Crippen LogP contribution in [0.25, 0.3) is 10.9 Å². The molecule has 2 heterocycles. The van der Waals surface area contributed by atoms with Gasteiger partial charge in [-0.1, -0.05) is 38.5 Å². The highest BCUT2D eigenvalue weighted by Gasteiger charge is 2.40. The van der Waals surface area contributed by atoms with E-state index in [0.717, 1.165) is 53.6 Å². The van der Waals surface area contributed by atoms with Crippen molar-refractivity contribution in [3.05, 3.63) is 64.8 Å². The van der Waals surface area contributed by atoms with Crippen LogP contribution in [0.15, 0.2) is 42.5 Å². The molecule has 0 saturated heterocycles. The lowest BCUT2D eigenvalue weighted by Crippen LogP contribution is -2.51. The zero-order valence-corrected chi connectivity index (χ0v) is 19.5. The second-order valence-electron chi connectivity index (χ2n) is 9.30. The van der Waals surface area contributed by atoms with Gasteiger partial charge in [-0.15, -0.1) is 0 Å². The van der Waals surface area contributed by atoms with Crippen molar-refractivity contribution in [3.63, 3.8) is 0 Å². The van der Waals surface area contributed by atoms with Crippen LogP contribution in [-0.4, -0.2) is 34.8 Å². The molecule has 1 aliphatic carbocycles. The molecule has 1 aromatic heterocycles. The first kappa shape index (κ1) is 21.6. The number of amides is 2. The number of benzene rings is 2. The Labute approximate surface area is 194 Å². The van der Waals surface area contributed by atoms with E-state index in [1.165, 1.54) is 5.56 Å². The number of carbonyl (C=O) groups is 2. The second-order valence-corrected chi connectivity index (χ2v) is 9.30. The molecule has 6 heteroatoms. The fraction of sp³-hybridized carbons (Fsp3) is 0.407. The molecule has 0 unspecified atom stereocenters. The standard InChI is InChI=1S/C27H31N3O3/c1-4-16(2)25(30-15-17-8-5-6-9-19(17)27(30)32)26(31)29-23-11-7-10-20-21-14-18(33-3)12-13-22(21)28-24(20)23/h5-6,8-9,12-14,16,23,25,28H,4,7,10-11,15H2,1-3H3,(H,29,31)/t16-,23+,25+/m1/s1. The molecule has 0 fully saturated rings. The minimum absolute atomic E-state index is 0.0481. The van der Waals surface area contributed by atoms with Gasteiger partial charge in [-0.25, -0.2) is 0 Å². The summed E-state index contributed by atoms with van der Waals surface area (Å²) in [6.07, 6.45) is 3.68. The average Bonchev–Trinajstić information content (AvgIpc) is 3.37. The number of aromatic nitrogens is 1. The molecule has 6 nitrogen and oxygen atoms in total. The van der Waals surface area contributed by atoms with E-state index in [0.29, 0.717) is 12.1 Å². The van der Waals surface area contributed by atoms with E-state index >= 15 is 0 Å². The number of H-pyrrole nitrogens is 1. The predicted octanol–water partition coefficient (Wildman–Crippen LogP) is 4.74. The summed E-state index contributed by atoms with van der Waals surface area (Å²) in [5, 5.41) is 4.47. The topological polar surface area (TPSA) is 74.4 Å². The first-order valence-electron chi connectivity index (χ1n) is 11.9. The van der Waals surface area contributed by atoms with Crippen LogP contribution in [0.4, 0.5) is 0 Å². The van der Waals surface area contributed by atoms with Crippen LogP contribution in [0.2, 0.25) is 0 Å². The molecule has 2 N–H and O–H groups in total. The van der Waals surface area contributed by atoms with Gasteiger partial charge in [0, 0.05) is 28.7 Å². The van der Waals surface area contributed by atoms with Gasteiger partial charge < -0.3 is 19.9 Å². The minimum Gasteiger partial charge on any atom is -0.497 e. The smallest absolute Gasteiger partial charge is 0.255 e. The molecule has 0 bridgehead atoms. The number of nitrogens with zero attached hydrogens (tertiary/aromatic N) is 1. The van der Waals surface area contributed by atoms with E-state index in [1.807, 2.05) is 36.4 Å². The maximum atomic E-state index is 13.7. The fourth-order valence-electron chi connectivity index (χ4n) is 5.40. The Kier molecular flexibility index (Phi) is 5.60. The number of fused-ring (bicyclic) bond motifs is 4. The maximum absolute atomic E-state index is 13.7. The van der Waals surface area contributed by atoms with E-state index in [2.05, 4.69) is 30.2 Å². The molecule has 2 amide bonds. The van der Waals surface area contributed by atoms with Crippen LogP contribution >= 0.6 is 0 Å². The van der Waals surface area contributed by atoms with Crippen molar-refractivity contribution in [2.24, 2.45) is 5.92 Å². The summed E-state index contributed by atoms with van der Waals surface area (Å²) in [4.78, 5) is 32.1. The maximum Gasteiger partial charge on any atom is 0.255 e. The van der Waals surface area contributed by atoms with Gasteiger partial charge in [0.15, 0.2) is 0 Å². The number of carbonyl (C=O) groups excluding carboxylic acids is 2. The summed E-state index contributed by atoms with van der Waals surface area (Å²) in [6, 6.07) is 13.1. The van der Waals surface area contributed by atoms with Crippen molar-refractivity contribution in [2.75, 3.05) is 7.11 Å². The van der Waals surface area contributed by atoms with Gasteiger partial charge >= 0.3 is 0 Å². The molecule has 2 aromatic carbocycles. The zero-order valence-electron chi connectivity index (χ0n) is 19.5. The number of nitrogens with one attached hydrogen (secondary N) is 2. The van der Waals surface area contributed by atoms with E-state index < -0.39 is 6.04 Å². The third-order valence-electron chi connectivity index (χ3n) is 7.37. The molecule has 3 atom stereocenters. The van der Waals surface area contributed by atoms with Crippen molar-refractivity contribution >= 4 is 22.7 Å². The predicted molar refractivity (Wildman–Crippen MR) is 128 cm³/mol. The van der Waals surface area contributed by atoms with Crippen LogP contribution in [0.5, 0.6) is 5.75 Å². The van der Waals surface area contributed by atoms with Gasteiger partial charge in [0.25, 0.3) is 5.91 Å². The first-order chi connectivity index (χ1) is 16.0. The van der Waals surface area contributed by atoms with Crippen LogP contribution in [0, 0.1) is 5.92 Å². The largest absolute Gasteiger partial charge is 0.497 e. The number of hydrogen-bond donors (Lipinski definition) is 2. The quantitative estimate of drug-likeness (QED) is 0.575. The molecule has 1 aliphatic heterocycles. The van der Waals surface area contributed by atoms with Gasteiger partial charge in [-0.2, -0.15) is 0 Å². The number of aryl methyl sites for hydroxylation is 1. The number of ether oxygens (including phenoxy) is 1. The number of rotatable bonds is 6. The molecule has 3 aromatic rings. The van der Waals surface area contributed by atoms with Gasteiger partial charge in [0.05, 0.1) is 13.2 Å². The first-order valence-corrected chi connectivity index (χ1v) is 11.9. The summed E-state index contributed by atoms with van der Waals surface area (Å²) < 4.78 is 5.42. The van der Waals surface area contributed by atoms with Crippen LogP contribution < -0.4 is 10.1 Å². The van der Waals surface area contributed by atoms with E-state index in [-0.39, 0.29) is 23.8 Å². The van der Waals surface area contributed by atoms with Crippen molar-refractivity contribution < 1.29 is 14.3 Å². The van der Waals surface area contributed by atoms with Gasteiger partial charge in [0.1, 0.15) is 11.8 Å². The lowest BCUT2D eigenvalue weighted by Gasteiger charge is -2.33. The number of hydrogen-bond acceptors (Lipinski definition) is 3. The summed E-state index contributed by atoms with van der Waals surface area (Å²) in [7, 11) is 1.68. The second kappa shape index (κ2) is 8.58. The molecular weight excluding hydrogens is 414 g/mol. The van der Waals surface area contributed by atoms with E-state index in [4.69, 9.17) is 4.74 Å². The Balaban J connectivity index is 1.43. The Morgan fingerprint density at radius 3 is 2.85 bits per heavy atom. The fourth-order valence-corrected chi connectivity index (χ4v) is 5.40. The third kappa shape index (κ3) is 3.67. The van der Waals surface area contributed by atoms with Gasteiger partial charge in [-0.05, 0) is 60.6 Å². The molecule has 2 aliphatic rings. The van der Waals surface area contributed by atoms with Crippen molar-refractivity contribution in [1.29, 1.82) is 0 Å². The molecule has 172 valence electrons. The summed E-state index contributed by atoms with van der Waals surface area (Å²) in [5.74, 6) is 0.769. The Hall–Kier alpha value is -3.28. The number of aromatic amines is 1. The lowest BCUT2D eigenvalue weighted by atomic mass is 9.90. The van der Waals surface area contributed by atoms with E-state index in [1.54, 1.807) is 12.0 Å². The van der Waals surface area contributed by atoms with Crippen molar-refractivity contribution in [2.45, 2.75) is 58.2 Å². The molecule has 5 rings (SSSR count). The van der Waals surface area contributed by atoms with E-state index in [9.17, 15) is 9.59 Å². The molecular formula is C27H31N3O3. The highest BCUT2D eigenvalue weighted by atomic mass is 16.5. The Morgan fingerprint density at radius 2 is 2.09 bits per heavy atom. The Bertz CT molecular complexity index is 1210. The highest BCUT2D eigenvalue weighted by Crippen LogP contribution is 2.37. The van der Waals surface area contributed by atoms with Crippen molar-refractivity contribution in [1.82, 2.24) is 15.2 Å². The van der Waals surface area contributed by atoms with Gasteiger partial charge in [0.2, 0.25) is 5.91 Å². The molecule has 33 heavy (non-hydrogen) atoms. The summed E-state index contributed by atoms with van der Waals surface area (Å²) >= 11 is 0. The van der Waals surface area contributed by atoms with Crippen LogP contribution in [0.3, 0.4) is 0 Å². The zero-order chi connectivity index (χ0) is 23.1. The average molecular weight is 446 g/mol. The summed E-state index contributed by atoms with van der Waals surface area (Å²) in [5.41, 5.74) is 5.10. The third-order valence-corrected chi connectivity index (χ3v) is 7.37. The molecule has 0 spiro atoms. The van der Waals surface area contributed by atoms with Crippen LogP contribution in [0.1, 0.15) is 66.3 Å². The Morgan fingerprint density at radius 1 is 1.27 bits per heavy atom. The minimum atomic E-state index is -0.496. The van der Waals surface area contributed by atoms with Crippen molar-refractivity contribution in [3.8, 4) is 5.75 Å². The monoisotopic (exact) mass is 445 g/mol. The normalized spacial score (nSPS) is 19.2. The number of methoxy groups -OCH3 is 1. The van der Waals surface area contributed by atoms with Crippen LogP contribution in [-0.2, 0) is 17.8 Å². The highest BCUT2D eigenvalue weighted by molar-refractivity contribution is 6.01. The molecule has 0 radical (unpaired) electrons. The molecule has 0 saturated carbocycles. The SMILES string of the molecule is CC[C@@H](C)[C@@H](C(=O)N[C@H]1CCCc2c1[nH]c1ccc(OC)cc21)N1Cc2ccccc2C1=O. The summed E-state index contributed by atoms with van der Waals surface area (Å²) in [6.45, 7) is 4.62. The van der Waals surface area contributed by atoms with Gasteiger partial charge in [-0.3, -0.25) is 9.59 Å².